The number of pyridine rings is 1. The second-order valence-electron chi connectivity index (χ2n) is 5.71. The average molecular weight is 309 g/mol. The molecule has 1 saturated heterocycles. The molecule has 120 valence electrons. The number of nitrogens with one attached hydrogen (secondary N) is 1. The minimum atomic E-state index is 0.392. The molecule has 0 amide bonds. The molecule has 0 saturated carbocycles. The van der Waals surface area contributed by atoms with Crippen LogP contribution in [0.5, 0.6) is 5.75 Å². The van der Waals surface area contributed by atoms with Gasteiger partial charge in [0.2, 0.25) is 0 Å². The van der Waals surface area contributed by atoms with Gasteiger partial charge in [-0.05, 0) is 35.4 Å². The lowest BCUT2D eigenvalue weighted by Crippen LogP contribution is -2.45. The Morgan fingerprint density at radius 2 is 2.00 bits per heavy atom. The first kappa shape index (κ1) is 15.7. The summed E-state index contributed by atoms with van der Waals surface area (Å²) in [7, 11) is 0. The summed E-state index contributed by atoms with van der Waals surface area (Å²) in [4.78, 5) is 6.64. The molecule has 1 aliphatic heterocycles. The number of nitrogens with zero attached hydrogens (tertiary/aromatic N) is 2. The van der Waals surface area contributed by atoms with Gasteiger partial charge in [-0.15, -0.1) is 0 Å². The van der Waals surface area contributed by atoms with Gasteiger partial charge in [-0.3, -0.25) is 9.88 Å². The van der Waals surface area contributed by atoms with E-state index in [9.17, 15) is 0 Å². The van der Waals surface area contributed by atoms with Gasteiger partial charge in [0.05, 0.1) is 0 Å². The van der Waals surface area contributed by atoms with Gasteiger partial charge in [-0.1, -0.05) is 24.8 Å². The number of rotatable bonds is 6. The molecule has 1 aliphatic rings. The summed E-state index contributed by atoms with van der Waals surface area (Å²) in [5, 5.41) is 3.49. The molecule has 4 heteroatoms. The first-order valence-electron chi connectivity index (χ1n) is 8.04. The standard InChI is InChI=1S/C19H23N3O/c1-2-13-23-18-5-3-16(4-6-18)15-22-12-11-21-14-19(22)17-7-9-20-10-8-17/h2-10,19,21H,1,11-15H2. The van der Waals surface area contributed by atoms with E-state index in [1.165, 1.54) is 11.1 Å². The van der Waals surface area contributed by atoms with Gasteiger partial charge in [-0.25, -0.2) is 0 Å². The zero-order valence-corrected chi connectivity index (χ0v) is 13.3. The smallest absolute Gasteiger partial charge is 0.119 e. The predicted octanol–water partition coefficient (Wildman–Crippen LogP) is 2.79. The second-order valence-corrected chi connectivity index (χ2v) is 5.71. The fourth-order valence-electron chi connectivity index (χ4n) is 2.93. The third kappa shape index (κ3) is 4.18. The van der Waals surface area contributed by atoms with Gasteiger partial charge in [0.15, 0.2) is 0 Å². The lowest BCUT2D eigenvalue weighted by molar-refractivity contribution is 0.153. The highest BCUT2D eigenvalue weighted by Gasteiger charge is 2.23. The molecule has 0 bridgehead atoms. The van der Waals surface area contributed by atoms with Gasteiger partial charge in [-0.2, -0.15) is 0 Å². The Bertz CT molecular complexity index is 612. The maximum Gasteiger partial charge on any atom is 0.119 e. The summed E-state index contributed by atoms with van der Waals surface area (Å²) in [6.07, 6.45) is 5.50. The summed E-state index contributed by atoms with van der Waals surface area (Å²) in [6, 6.07) is 13.0. The number of piperazine rings is 1. The zero-order chi connectivity index (χ0) is 15.9. The molecule has 1 aromatic heterocycles. The Morgan fingerprint density at radius 3 is 2.74 bits per heavy atom. The zero-order valence-electron chi connectivity index (χ0n) is 13.3. The Labute approximate surface area is 137 Å². The Hall–Kier alpha value is -2.17. The van der Waals surface area contributed by atoms with Crippen molar-refractivity contribution in [3.05, 3.63) is 72.6 Å². The van der Waals surface area contributed by atoms with Crippen molar-refractivity contribution in [1.29, 1.82) is 0 Å². The summed E-state index contributed by atoms with van der Waals surface area (Å²) in [6.45, 7) is 8.20. The molecule has 23 heavy (non-hydrogen) atoms. The molecule has 1 atom stereocenters. The SMILES string of the molecule is C=CCOc1ccc(CN2CCNCC2c2ccncc2)cc1. The molecule has 1 aromatic carbocycles. The quantitative estimate of drug-likeness (QED) is 0.833. The van der Waals surface area contributed by atoms with Crippen molar-refractivity contribution in [1.82, 2.24) is 15.2 Å². The minimum Gasteiger partial charge on any atom is -0.490 e. The molecule has 2 aromatic rings. The Kier molecular flexibility index (Phi) is 5.40. The molecule has 4 nitrogen and oxygen atoms in total. The van der Waals surface area contributed by atoms with E-state index in [1.54, 1.807) is 6.08 Å². The van der Waals surface area contributed by atoms with E-state index >= 15 is 0 Å². The first-order valence-corrected chi connectivity index (χ1v) is 8.04. The van der Waals surface area contributed by atoms with Gasteiger partial charge in [0.25, 0.3) is 0 Å². The van der Waals surface area contributed by atoms with Crippen LogP contribution < -0.4 is 10.1 Å². The molecule has 0 radical (unpaired) electrons. The van der Waals surface area contributed by atoms with Crippen LogP contribution in [0.2, 0.25) is 0 Å². The molecule has 1 unspecified atom stereocenters. The number of hydrogen-bond donors (Lipinski definition) is 1. The number of hydrogen-bond acceptors (Lipinski definition) is 4. The van der Waals surface area contributed by atoms with Crippen molar-refractivity contribution in [3.8, 4) is 5.75 Å². The van der Waals surface area contributed by atoms with Crippen molar-refractivity contribution in [2.45, 2.75) is 12.6 Å². The van der Waals surface area contributed by atoms with Gasteiger partial charge >= 0.3 is 0 Å². The largest absolute Gasteiger partial charge is 0.490 e. The first-order chi connectivity index (χ1) is 11.4. The molecular weight excluding hydrogens is 286 g/mol. The highest BCUT2D eigenvalue weighted by molar-refractivity contribution is 5.28. The van der Waals surface area contributed by atoms with Crippen LogP contribution in [-0.2, 0) is 6.54 Å². The fraction of sp³-hybridized carbons (Fsp3) is 0.316. The monoisotopic (exact) mass is 309 g/mol. The van der Waals surface area contributed by atoms with Gasteiger partial charge in [0, 0.05) is 44.6 Å². The topological polar surface area (TPSA) is 37.4 Å². The lowest BCUT2D eigenvalue weighted by atomic mass is 10.0. The molecule has 1 fully saturated rings. The minimum absolute atomic E-state index is 0.392. The molecule has 2 heterocycles. The normalized spacial score (nSPS) is 18.5. The van der Waals surface area contributed by atoms with Crippen LogP contribution in [0.3, 0.4) is 0 Å². The maximum absolute atomic E-state index is 5.54. The Balaban J connectivity index is 1.68. The van der Waals surface area contributed by atoms with E-state index in [-0.39, 0.29) is 0 Å². The third-order valence-electron chi connectivity index (χ3n) is 4.12. The number of ether oxygens (including phenoxy) is 1. The molecule has 3 rings (SSSR count). The average Bonchev–Trinajstić information content (AvgIpc) is 2.62. The van der Waals surface area contributed by atoms with Crippen molar-refractivity contribution in [2.24, 2.45) is 0 Å². The van der Waals surface area contributed by atoms with Crippen LogP contribution in [-0.4, -0.2) is 36.1 Å². The molecule has 0 aliphatic carbocycles. The Morgan fingerprint density at radius 1 is 1.22 bits per heavy atom. The third-order valence-corrected chi connectivity index (χ3v) is 4.12. The van der Waals surface area contributed by atoms with E-state index in [0.29, 0.717) is 12.6 Å². The summed E-state index contributed by atoms with van der Waals surface area (Å²) < 4.78 is 5.54. The van der Waals surface area contributed by atoms with Crippen LogP contribution in [0, 0.1) is 0 Å². The van der Waals surface area contributed by atoms with Crippen LogP contribution >= 0.6 is 0 Å². The van der Waals surface area contributed by atoms with E-state index in [2.05, 4.69) is 46.0 Å². The second kappa shape index (κ2) is 7.90. The van der Waals surface area contributed by atoms with Crippen molar-refractivity contribution in [3.63, 3.8) is 0 Å². The number of aromatic nitrogens is 1. The summed E-state index contributed by atoms with van der Waals surface area (Å²) in [5.74, 6) is 0.889. The van der Waals surface area contributed by atoms with Crippen LogP contribution in [0.4, 0.5) is 0 Å². The van der Waals surface area contributed by atoms with Crippen LogP contribution in [0.25, 0.3) is 0 Å². The van der Waals surface area contributed by atoms with Crippen LogP contribution in [0.1, 0.15) is 17.2 Å². The summed E-state index contributed by atoms with van der Waals surface area (Å²) in [5.41, 5.74) is 2.62. The lowest BCUT2D eigenvalue weighted by Gasteiger charge is -2.36. The van der Waals surface area contributed by atoms with Crippen molar-refractivity contribution >= 4 is 0 Å². The maximum atomic E-state index is 5.54. The summed E-state index contributed by atoms with van der Waals surface area (Å²) >= 11 is 0. The van der Waals surface area contributed by atoms with Crippen LogP contribution in [0.15, 0.2) is 61.4 Å². The molecule has 1 N–H and O–H groups in total. The van der Waals surface area contributed by atoms with Gasteiger partial charge in [0.1, 0.15) is 12.4 Å². The van der Waals surface area contributed by atoms with Crippen molar-refractivity contribution < 1.29 is 4.74 Å². The van der Waals surface area contributed by atoms with E-state index in [1.807, 2.05) is 24.5 Å². The van der Waals surface area contributed by atoms with Crippen molar-refractivity contribution in [2.75, 3.05) is 26.2 Å². The van der Waals surface area contributed by atoms with E-state index in [4.69, 9.17) is 4.74 Å². The molecule has 0 spiro atoms. The fourth-order valence-corrected chi connectivity index (χ4v) is 2.93. The van der Waals surface area contributed by atoms with E-state index < -0.39 is 0 Å². The predicted molar refractivity (Wildman–Crippen MR) is 92.4 cm³/mol. The highest BCUT2D eigenvalue weighted by atomic mass is 16.5. The molecular formula is C19H23N3O. The number of benzene rings is 1. The highest BCUT2D eigenvalue weighted by Crippen LogP contribution is 2.24. The van der Waals surface area contributed by atoms with Gasteiger partial charge < -0.3 is 10.1 Å². The van der Waals surface area contributed by atoms with E-state index in [0.717, 1.165) is 31.9 Å².